The number of nitrogens with zero attached hydrogens (tertiary/aromatic N) is 1. The zero-order chi connectivity index (χ0) is 15.8. The van der Waals surface area contributed by atoms with Crippen molar-refractivity contribution < 1.29 is 0 Å². The first-order valence-electron chi connectivity index (χ1n) is 8.23. The Morgan fingerprint density at radius 2 is 2.27 bits per heavy atom. The molecule has 0 radical (unpaired) electrons. The lowest BCUT2D eigenvalue weighted by atomic mass is 10.00. The van der Waals surface area contributed by atoms with Gasteiger partial charge in [-0.3, -0.25) is 0 Å². The van der Waals surface area contributed by atoms with Gasteiger partial charge in [0, 0.05) is 29.8 Å². The lowest BCUT2D eigenvalue weighted by molar-refractivity contribution is 0.143. The number of nitrogens with one attached hydrogen (secondary N) is 2. The maximum Gasteiger partial charge on any atom is 0.170 e. The summed E-state index contributed by atoms with van der Waals surface area (Å²) in [6.45, 7) is 5.61. The van der Waals surface area contributed by atoms with Gasteiger partial charge < -0.3 is 15.5 Å². The number of rotatable bonds is 6. The molecule has 1 aliphatic heterocycles. The summed E-state index contributed by atoms with van der Waals surface area (Å²) in [5, 5.41) is 7.81. The van der Waals surface area contributed by atoms with Crippen LogP contribution in [0.15, 0.2) is 24.3 Å². The molecule has 22 heavy (non-hydrogen) atoms. The molecule has 1 aromatic rings. The maximum atomic E-state index is 5.96. The molecule has 0 aromatic heterocycles. The molecule has 0 amide bonds. The minimum absolute atomic E-state index is 0.660. The zero-order valence-corrected chi connectivity index (χ0v) is 14.8. The summed E-state index contributed by atoms with van der Waals surface area (Å²) in [6, 6.07) is 8.37. The molecule has 1 saturated heterocycles. The van der Waals surface area contributed by atoms with Crippen LogP contribution in [0.2, 0.25) is 5.02 Å². The highest BCUT2D eigenvalue weighted by Gasteiger charge is 2.19. The third-order valence-corrected chi connectivity index (χ3v) is 4.69. The van der Waals surface area contributed by atoms with Gasteiger partial charge in [0.05, 0.1) is 0 Å². The Labute approximate surface area is 144 Å². The first-order chi connectivity index (χ1) is 10.7. The summed E-state index contributed by atoms with van der Waals surface area (Å²) >= 11 is 11.3. The third kappa shape index (κ3) is 5.75. The number of hydrogen-bond acceptors (Lipinski definition) is 2. The lowest BCUT2D eigenvalue weighted by Gasteiger charge is -2.35. The van der Waals surface area contributed by atoms with Crippen molar-refractivity contribution in [3.8, 4) is 0 Å². The highest BCUT2D eigenvalue weighted by molar-refractivity contribution is 7.80. The fraction of sp³-hybridized carbons (Fsp3) is 0.588. The predicted octanol–water partition coefficient (Wildman–Crippen LogP) is 4.28. The van der Waals surface area contributed by atoms with E-state index in [1.165, 1.54) is 32.2 Å². The Bertz CT molecular complexity index is 481. The standard InChI is InChI=1S/C17H26ClN3S/c1-2-16-9-3-4-11-21(16)12-6-10-19-17(22)20-15-8-5-7-14(18)13-15/h5,7-8,13,16H,2-4,6,9-12H2,1H3,(H2,19,20,22)/t16-/m0/s1. The quantitative estimate of drug-likeness (QED) is 0.597. The monoisotopic (exact) mass is 339 g/mol. The Morgan fingerprint density at radius 3 is 3.05 bits per heavy atom. The van der Waals surface area contributed by atoms with Crippen molar-refractivity contribution in [1.82, 2.24) is 10.2 Å². The van der Waals surface area contributed by atoms with Gasteiger partial charge >= 0.3 is 0 Å². The SMILES string of the molecule is CC[C@H]1CCCCN1CCCNC(=S)Nc1cccc(Cl)c1. The van der Waals surface area contributed by atoms with Crippen LogP contribution in [0.5, 0.6) is 0 Å². The van der Waals surface area contributed by atoms with E-state index in [0.717, 1.165) is 31.2 Å². The summed E-state index contributed by atoms with van der Waals surface area (Å²) in [7, 11) is 0. The van der Waals surface area contributed by atoms with E-state index in [-0.39, 0.29) is 0 Å². The molecule has 2 N–H and O–H groups in total. The molecule has 1 aromatic carbocycles. The van der Waals surface area contributed by atoms with E-state index >= 15 is 0 Å². The van der Waals surface area contributed by atoms with Crippen LogP contribution in [0.1, 0.15) is 39.0 Å². The van der Waals surface area contributed by atoms with Crippen molar-refractivity contribution >= 4 is 34.6 Å². The summed E-state index contributed by atoms with van der Waals surface area (Å²) in [5.41, 5.74) is 0.923. The van der Waals surface area contributed by atoms with Gasteiger partial charge in [-0.2, -0.15) is 0 Å². The first-order valence-corrected chi connectivity index (χ1v) is 9.02. The second-order valence-corrected chi connectivity index (χ2v) is 6.68. The minimum atomic E-state index is 0.660. The van der Waals surface area contributed by atoms with Crippen molar-refractivity contribution in [3.05, 3.63) is 29.3 Å². The molecule has 5 heteroatoms. The minimum Gasteiger partial charge on any atom is -0.362 e. The van der Waals surface area contributed by atoms with Crippen molar-refractivity contribution in [3.63, 3.8) is 0 Å². The summed E-state index contributed by atoms with van der Waals surface area (Å²) in [5.74, 6) is 0. The van der Waals surface area contributed by atoms with Gasteiger partial charge in [0.1, 0.15) is 0 Å². The van der Waals surface area contributed by atoms with Crippen LogP contribution in [-0.4, -0.2) is 35.7 Å². The van der Waals surface area contributed by atoms with Crippen molar-refractivity contribution in [2.45, 2.75) is 45.1 Å². The lowest BCUT2D eigenvalue weighted by Crippen LogP contribution is -2.40. The molecule has 1 heterocycles. The Balaban J connectivity index is 1.64. The molecule has 3 nitrogen and oxygen atoms in total. The van der Waals surface area contributed by atoms with Gasteiger partial charge in [-0.25, -0.2) is 0 Å². The number of thiocarbonyl (C=S) groups is 1. The summed E-state index contributed by atoms with van der Waals surface area (Å²) in [4.78, 5) is 2.64. The van der Waals surface area contributed by atoms with Gasteiger partial charge in [0.25, 0.3) is 0 Å². The smallest absolute Gasteiger partial charge is 0.170 e. The fourth-order valence-corrected chi connectivity index (χ4v) is 3.45. The molecule has 1 aliphatic rings. The van der Waals surface area contributed by atoms with Gasteiger partial charge in [-0.1, -0.05) is 31.0 Å². The summed E-state index contributed by atoms with van der Waals surface area (Å²) < 4.78 is 0. The average molecular weight is 340 g/mol. The van der Waals surface area contributed by atoms with E-state index in [4.69, 9.17) is 23.8 Å². The second kappa shape index (κ2) is 9.33. The number of hydrogen-bond donors (Lipinski definition) is 2. The Hall–Kier alpha value is -0.840. The first kappa shape index (κ1) is 17.5. The van der Waals surface area contributed by atoms with Gasteiger partial charge in [-0.15, -0.1) is 0 Å². The van der Waals surface area contributed by atoms with Crippen LogP contribution in [0.4, 0.5) is 5.69 Å². The van der Waals surface area contributed by atoms with Crippen LogP contribution >= 0.6 is 23.8 Å². The molecular formula is C17H26ClN3S. The predicted molar refractivity (Wildman–Crippen MR) is 99.8 cm³/mol. The topological polar surface area (TPSA) is 27.3 Å². The molecule has 0 saturated carbocycles. The molecule has 0 spiro atoms. The van der Waals surface area contributed by atoms with E-state index in [1.54, 1.807) is 0 Å². The van der Waals surface area contributed by atoms with Gasteiger partial charge in [0.15, 0.2) is 5.11 Å². The maximum absolute atomic E-state index is 5.96. The molecule has 0 bridgehead atoms. The molecule has 1 fully saturated rings. The normalized spacial score (nSPS) is 18.9. The van der Waals surface area contributed by atoms with E-state index in [0.29, 0.717) is 10.1 Å². The number of benzene rings is 1. The fourth-order valence-electron chi connectivity index (χ4n) is 3.04. The second-order valence-electron chi connectivity index (χ2n) is 5.84. The van der Waals surface area contributed by atoms with Crippen LogP contribution in [0.25, 0.3) is 0 Å². The average Bonchev–Trinajstić information content (AvgIpc) is 2.52. The van der Waals surface area contributed by atoms with Crippen LogP contribution in [-0.2, 0) is 0 Å². The molecule has 0 aliphatic carbocycles. The number of likely N-dealkylation sites (tertiary alicyclic amines) is 1. The summed E-state index contributed by atoms with van der Waals surface area (Å²) in [6.07, 6.45) is 6.48. The molecular weight excluding hydrogens is 314 g/mol. The largest absolute Gasteiger partial charge is 0.362 e. The van der Waals surface area contributed by atoms with E-state index in [9.17, 15) is 0 Å². The highest BCUT2D eigenvalue weighted by Crippen LogP contribution is 2.19. The number of anilines is 1. The third-order valence-electron chi connectivity index (χ3n) is 4.21. The van der Waals surface area contributed by atoms with Crippen LogP contribution < -0.4 is 10.6 Å². The van der Waals surface area contributed by atoms with Crippen molar-refractivity contribution in [2.24, 2.45) is 0 Å². The van der Waals surface area contributed by atoms with E-state index in [1.807, 2.05) is 24.3 Å². The molecule has 0 unspecified atom stereocenters. The van der Waals surface area contributed by atoms with Crippen LogP contribution in [0, 0.1) is 0 Å². The number of piperidine rings is 1. The van der Waals surface area contributed by atoms with Gasteiger partial charge in [-0.05, 0) is 62.6 Å². The highest BCUT2D eigenvalue weighted by atomic mass is 35.5. The van der Waals surface area contributed by atoms with Crippen LogP contribution in [0.3, 0.4) is 0 Å². The molecule has 2 rings (SSSR count). The van der Waals surface area contributed by atoms with E-state index in [2.05, 4.69) is 22.5 Å². The zero-order valence-electron chi connectivity index (χ0n) is 13.3. The number of halogens is 1. The Kier molecular flexibility index (Phi) is 7.43. The molecule has 1 atom stereocenters. The van der Waals surface area contributed by atoms with Crippen molar-refractivity contribution in [1.29, 1.82) is 0 Å². The Morgan fingerprint density at radius 1 is 1.41 bits per heavy atom. The van der Waals surface area contributed by atoms with E-state index < -0.39 is 0 Å². The molecule has 122 valence electrons. The van der Waals surface area contributed by atoms with Crippen molar-refractivity contribution in [2.75, 3.05) is 25.0 Å². The van der Waals surface area contributed by atoms with Gasteiger partial charge in [0.2, 0.25) is 0 Å².